The number of nitrogens with zero attached hydrogens (tertiary/aromatic N) is 2. The number of halogens is 1. The Morgan fingerprint density at radius 1 is 1.58 bits per heavy atom. The zero-order valence-corrected chi connectivity index (χ0v) is 11.2. The molecule has 0 aliphatic heterocycles. The number of anilines is 2. The summed E-state index contributed by atoms with van der Waals surface area (Å²) in [5.74, 6) is -0.148. The lowest BCUT2D eigenvalue weighted by atomic mass is 10.2. The van der Waals surface area contributed by atoms with E-state index in [1.54, 1.807) is 12.1 Å². The van der Waals surface area contributed by atoms with Gasteiger partial charge in [-0.25, -0.2) is 4.98 Å². The van der Waals surface area contributed by atoms with Crippen LogP contribution >= 0.6 is 11.6 Å². The summed E-state index contributed by atoms with van der Waals surface area (Å²) in [5.41, 5.74) is 7.16. The highest BCUT2D eigenvalue weighted by Gasteiger charge is 2.18. The van der Waals surface area contributed by atoms with Crippen molar-refractivity contribution in [3.05, 3.63) is 34.7 Å². The molecule has 0 unspecified atom stereocenters. The van der Waals surface area contributed by atoms with Crippen LogP contribution < -0.4 is 11.1 Å². The van der Waals surface area contributed by atoms with Crippen LogP contribution in [0.4, 0.5) is 11.5 Å². The molecule has 0 bridgehead atoms. The molecule has 0 saturated heterocycles. The smallest absolute Gasteiger partial charge is 0.279 e. The van der Waals surface area contributed by atoms with Crippen LogP contribution in [0.3, 0.4) is 0 Å². The van der Waals surface area contributed by atoms with Crippen LogP contribution in [-0.2, 0) is 6.42 Å². The number of pyridine rings is 1. The minimum absolute atomic E-state index is 0.158. The molecule has 0 aliphatic rings. The van der Waals surface area contributed by atoms with Crippen LogP contribution in [0.1, 0.15) is 29.5 Å². The van der Waals surface area contributed by atoms with E-state index >= 15 is 0 Å². The second-order valence-electron chi connectivity index (χ2n) is 4.00. The Labute approximate surface area is 115 Å². The average molecular weight is 280 g/mol. The van der Waals surface area contributed by atoms with Crippen molar-refractivity contribution >= 4 is 29.0 Å². The molecule has 1 amide bonds. The van der Waals surface area contributed by atoms with E-state index in [1.807, 2.05) is 6.92 Å². The Bertz CT molecular complexity index is 596. The molecule has 7 heteroatoms. The molecule has 0 spiro atoms. The summed E-state index contributed by atoms with van der Waals surface area (Å²) in [6.07, 6.45) is 3.20. The fourth-order valence-corrected chi connectivity index (χ4v) is 1.81. The minimum Gasteiger partial charge on any atom is -0.395 e. The molecule has 0 aromatic carbocycles. The van der Waals surface area contributed by atoms with Gasteiger partial charge in [-0.2, -0.15) is 5.10 Å². The van der Waals surface area contributed by atoms with Gasteiger partial charge in [-0.1, -0.05) is 24.9 Å². The largest absolute Gasteiger partial charge is 0.395 e. The topological polar surface area (TPSA) is 96.7 Å². The number of hydrogen-bond donors (Lipinski definition) is 3. The molecule has 2 aromatic heterocycles. The molecule has 2 aromatic rings. The number of rotatable bonds is 4. The molecule has 6 nitrogen and oxygen atoms in total. The van der Waals surface area contributed by atoms with Crippen LogP contribution in [0.15, 0.2) is 18.3 Å². The zero-order chi connectivity index (χ0) is 13.8. The summed E-state index contributed by atoms with van der Waals surface area (Å²) >= 11 is 5.91. The molecule has 2 heterocycles. The van der Waals surface area contributed by atoms with Gasteiger partial charge in [0.25, 0.3) is 5.91 Å². The van der Waals surface area contributed by atoms with Crippen molar-refractivity contribution in [3.63, 3.8) is 0 Å². The van der Waals surface area contributed by atoms with Gasteiger partial charge < -0.3 is 11.1 Å². The number of H-pyrrole nitrogens is 1. The molecule has 0 aliphatic carbocycles. The molecule has 0 atom stereocenters. The monoisotopic (exact) mass is 279 g/mol. The molecule has 100 valence electrons. The van der Waals surface area contributed by atoms with Crippen molar-refractivity contribution in [3.8, 4) is 0 Å². The van der Waals surface area contributed by atoms with E-state index in [9.17, 15) is 4.79 Å². The number of carbonyl (C=O) groups is 1. The summed E-state index contributed by atoms with van der Waals surface area (Å²) in [6, 6.07) is 3.32. The van der Waals surface area contributed by atoms with Gasteiger partial charge >= 0.3 is 0 Å². The highest BCUT2D eigenvalue weighted by Crippen LogP contribution is 2.20. The third kappa shape index (κ3) is 2.85. The van der Waals surface area contributed by atoms with Crippen LogP contribution in [0, 0.1) is 0 Å². The van der Waals surface area contributed by atoms with E-state index in [1.165, 1.54) is 6.20 Å². The first-order chi connectivity index (χ1) is 9.13. The summed E-state index contributed by atoms with van der Waals surface area (Å²) in [5, 5.41) is 9.63. The second kappa shape index (κ2) is 5.71. The molecular formula is C12H14ClN5O. The standard InChI is InChI=1S/C12H14ClN5O/c1-2-4-8-9(14)10(18-17-8)12(19)16-11-7(13)5-3-6-15-11/h3,5-6H,2,4,14H2,1H3,(H,17,18)(H,15,16,19). The van der Waals surface area contributed by atoms with Crippen LogP contribution in [0.5, 0.6) is 0 Å². The second-order valence-corrected chi connectivity index (χ2v) is 4.41. The molecule has 19 heavy (non-hydrogen) atoms. The van der Waals surface area contributed by atoms with Gasteiger partial charge in [0.15, 0.2) is 11.5 Å². The van der Waals surface area contributed by atoms with Gasteiger partial charge in [0.1, 0.15) is 0 Å². The zero-order valence-electron chi connectivity index (χ0n) is 10.4. The molecule has 0 fully saturated rings. The van der Waals surface area contributed by atoms with Gasteiger partial charge in [-0.3, -0.25) is 9.89 Å². The first-order valence-electron chi connectivity index (χ1n) is 5.88. The molecule has 0 radical (unpaired) electrons. The maximum Gasteiger partial charge on any atom is 0.279 e. The number of aryl methyl sites for hydroxylation is 1. The van der Waals surface area contributed by atoms with Crippen LogP contribution in [0.25, 0.3) is 0 Å². The summed E-state index contributed by atoms with van der Waals surface area (Å²) in [4.78, 5) is 16.0. The van der Waals surface area contributed by atoms with E-state index in [2.05, 4.69) is 20.5 Å². The highest BCUT2D eigenvalue weighted by molar-refractivity contribution is 6.33. The lowest BCUT2D eigenvalue weighted by Crippen LogP contribution is -2.15. The Hall–Kier alpha value is -2.08. The third-order valence-corrected chi connectivity index (χ3v) is 2.89. The lowest BCUT2D eigenvalue weighted by Gasteiger charge is -2.04. The lowest BCUT2D eigenvalue weighted by molar-refractivity contribution is 0.102. The SMILES string of the molecule is CCCc1[nH]nc(C(=O)Nc2ncccc2Cl)c1N. The van der Waals surface area contributed by atoms with Crippen LogP contribution in [-0.4, -0.2) is 21.1 Å². The van der Waals surface area contributed by atoms with E-state index in [0.29, 0.717) is 10.7 Å². The van der Waals surface area contributed by atoms with E-state index in [4.69, 9.17) is 17.3 Å². The molecule has 0 saturated carbocycles. The quantitative estimate of drug-likeness (QED) is 0.799. The maximum absolute atomic E-state index is 12.0. The molecule has 2 rings (SSSR count). The number of nitrogen functional groups attached to an aromatic ring is 1. The number of nitrogens with one attached hydrogen (secondary N) is 2. The van der Waals surface area contributed by atoms with E-state index < -0.39 is 5.91 Å². The minimum atomic E-state index is -0.434. The molecule has 4 N–H and O–H groups in total. The fraction of sp³-hybridized carbons (Fsp3) is 0.250. The van der Waals surface area contributed by atoms with Crippen molar-refractivity contribution in [1.29, 1.82) is 0 Å². The van der Waals surface area contributed by atoms with Crippen molar-refractivity contribution in [2.24, 2.45) is 0 Å². The summed E-state index contributed by atoms with van der Waals surface area (Å²) < 4.78 is 0. The number of nitrogens with two attached hydrogens (primary N) is 1. The van der Waals surface area contributed by atoms with Gasteiger partial charge in [-0.05, 0) is 18.6 Å². The van der Waals surface area contributed by atoms with Gasteiger partial charge in [-0.15, -0.1) is 0 Å². The number of aromatic nitrogens is 3. The molecular weight excluding hydrogens is 266 g/mol. The van der Waals surface area contributed by atoms with Crippen LogP contribution in [0.2, 0.25) is 5.02 Å². The first-order valence-corrected chi connectivity index (χ1v) is 6.25. The van der Waals surface area contributed by atoms with Crippen molar-refractivity contribution in [2.45, 2.75) is 19.8 Å². The Kier molecular flexibility index (Phi) is 4.01. The van der Waals surface area contributed by atoms with E-state index in [-0.39, 0.29) is 11.5 Å². The normalized spacial score (nSPS) is 10.4. The maximum atomic E-state index is 12.0. The summed E-state index contributed by atoms with van der Waals surface area (Å²) in [6.45, 7) is 2.02. The first kappa shape index (κ1) is 13.4. The highest BCUT2D eigenvalue weighted by atomic mass is 35.5. The van der Waals surface area contributed by atoms with Crippen molar-refractivity contribution < 1.29 is 4.79 Å². The predicted octanol–water partition coefficient (Wildman–Crippen LogP) is 2.25. The number of aromatic amines is 1. The number of hydrogen-bond acceptors (Lipinski definition) is 4. The fourth-order valence-electron chi connectivity index (χ4n) is 1.64. The van der Waals surface area contributed by atoms with E-state index in [0.717, 1.165) is 18.5 Å². The number of carbonyl (C=O) groups excluding carboxylic acids is 1. The third-order valence-electron chi connectivity index (χ3n) is 2.59. The average Bonchev–Trinajstić information content (AvgIpc) is 2.75. The van der Waals surface area contributed by atoms with Gasteiger partial charge in [0.05, 0.1) is 16.4 Å². The van der Waals surface area contributed by atoms with Crippen molar-refractivity contribution in [2.75, 3.05) is 11.1 Å². The summed E-state index contributed by atoms with van der Waals surface area (Å²) in [7, 11) is 0. The Morgan fingerprint density at radius 3 is 3.05 bits per heavy atom. The Balaban J connectivity index is 2.19. The van der Waals surface area contributed by atoms with Gasteiger partial charge in [0, 0.05) is 6.20 Å². The van der Waals surface area contributed by atoms with Crippen molar-refractivity contribution in [1.82, 2.24) is 15.2 Å². The Morgan fingerprint density at radius 2 is 2.37 bits per heavy atom. The predicted molar refractivity (Wildman–Crippen MR) is 74.2 cm³/mol. The number of amides is 1. The van der Waals surface area contributed by atoms with Gasteiger partial charge in [0.2, 0.25) is 0 Å².